The molecule has 2 fully saturated rings. The maximum absolute atomic E-state index is 3.81. The van der Waals surface area contributed by atoms with Gasteiger partial charge in [0.2, 0.25) is 0 Å². The average Bonchev–Trinajstić information content (AvgIpc) is 2.52. The van der Waals surface area contributed by atoms with Crippen LogP contribution in [-0.2, 0) is 0 Å². The van der Waals surface area contributed by atoms with Gasteiger partial charge in [0, 0.05) is 51.4 Å². The van der Waals surface area contributed by atoms with Gasteiger partial charge in [-0.2, -0.15) is 0 Å². The second-order valence-electron chi connectivity index (χ2n) is 7.09. The maximum atomic E-state index is 3.81. The summed E-state index contributed by atoms with van der Waals surface area (Å²) in [6, 6.07) is 1.54. The molecule has 0 amide bonds. The van der Waals surface area contributed by atoms with Crippen molar-refractivity contribution in [2.24, 2.45) is 0 Å². The fraction of sp³-hybridized carbons (Fsp3) is 1.00. The quantitative estimate of drug-likeness (QED) is 0.768. The van der Waals surface area contributed by atoms with Gasteiger partial charge in [-0.25, -0.2) is 0 Å². The Hall–Kier alpha value is -0.160. The second-order valence-corrected chi connectivity index (χ2v) is 7.09. The minimum atomic E-state index is 0.743. The SMILES string of the molecule is CCCNC1CCCCC1N1CCN(CCN(C)C)CC1. The van der Waals surface area contributed by atoms with Crippen molar-refractivity contribution in [3.63, 3.8) is 0 Å². The zero-order valence-electron chi connectivity index (χ0n) is 14.5. The maximum Gasteiger partial charge on any atom is 0.0250 e. The smallest absolute Gasteiger partial charge is 0.0250 e. The van der Waals surface area contributed by atoms with E-state index in [1.165, 1.54) is 77.9 Å². The van der Waals surface area contributed by atoms with Crippen molar-refractivity contribution in [2.75, 3.05) is 59.9 Å². The van der Waals surface area contributed by atoms with E-state index in [1.807, 2.05) is 0 Å². The van der Waals surface area contributed by atoms with E-state index in [-0.39, 0.29) is 0 Å². The number of hydrogen-bond acceptors (Lipinski definition) is 4. The van der Waals surface area contributed by atoms with Crippen LogP contribution in [0.5, 0.6) is 0 Å². The van der Waals surface area contributed by atoms with Gasteiger partial charge in [-0.15, -0.1) is 0 Å². The van der Waals surface area contributed by atoms with Crippen LogP contribution in [0.2, 0.25) is 0 Å². The fourth-order valence-electron chi connectivity index (χ4n) is 3.78. The van der Waals surface area contributed by atoms with Gasteiger partial charge < -0.3 is 10.2 Å². The number of likely N-dealkylation sites (N-methyl/N-ethyl adjacent to an activating group) is 1. The molecule has 0 spiro atoms. The Kier molecular flexibility index (Phi) is 7.44. The highest BCUT2D eigenvalue weighted by molar-refractivity contribution is 4.90. The van der Waals surface area contributed by atoms with E-state index in [0.717, 1.165) is 12.1 Å². The monoisotopic (exact) mass is 296 g/mol. The molecule has 1 aliphatic heterocycles. The lowest BCUT2D eigenvalue weighted by molar-refractivity contribution is 0.0591. The van der Waals surface area contributed by atoms with Crippen LogP contribution >= 0.6 is 0 Å². The summed E-state index contributed by atoms with van der Waals surface area (Å²) in [5.74, 6) is 0. The Morgan fingerprint density at radius 3 is 2.43 bits per heavy atom. The Labute approximate surface area is 131 Å². The Morgan fingerprint density at radius 2 is 1.76 bits per heavy atom. The van der Waals surface area contributed by atoms with Crippen LogP contribution in [0.4, 0.5) is 0 Å². The van der Waals surface area contributed by atoms with Crippen molar-refractivity contribution in [1.29, 1.82) is 0 Å². The zero-order valence-corrected chi connectivity index (χ0v) is 14.5. The summed E-state index contributed by atoms with van der Waals surface area (Å²) in [7, 11) is 4.34. The molecule has 2 aliphatic rings. The van der Waals surface area contributed by atoms with Gasteiger partial charge >= 0.3 is 0 Å². The molecule has 4 nitrogen and oxygen atoms in total. The highest BCUT2D eigenvalue weighted by atomic mass is 15.3. The molecule has 0 bridgehead atoms. The minimum Gasteiger partial charge on any atom is -0.312 e. The van der Waals surface area contributed by atoms with Gasteiger partial charge in [-0.05, 0) is 39.9 Å². The lowest BCUT2D eigenvalue weighted by Gasteiger charge is -2.44. The third kappa shape index (κ3) is 5.51. The van der Waals surface area contributed by atoms with Gasteiger partial charge in [-0.1, -0.05) is 19.8 Å². The van der Waals surface area contributed by atoms with E-state index < -0.39 is 0 Å². The molecular formula is C17H36N4. The summed E-state index contributed by atoms with van der Waals surface area (Å²) in [4.78, 5) is 7.70. The van der Waals surface area contributed by atoms with Gasteiger partial charge in [-0.3, -0.25) is 9.80 Å². The van der Waals surface area contributed by atoms with Crippen LogP contribution in [-0.4, -0.2) is 86.7 Å². The van der Waals surface area contributed by atoms with Crippen molar-refractivity contribution < 1.29 is 0 Å². The number of rotatable bonds is 7. The molecule has 21 heavy (non-hydrogen) atoms. The summed E-state index contributed by atoms with van der Waals surface area (Å²) < 4.78 is 0. The largest absolute Gasteiger partial charge is 0.312 e. The van der Waals surface area contributed by atoms with Crippen LogP contribution in [0.15, 0.2) is 0 Å². The molecule has 1 heterocycles. The molecule has 1 saturated carbocycles. The average molecular weight is 297 g/mol. The van der Waals surface area contributed by atoms with E-state index in [4.69, 9.17) is 0 Å². The van der Waals surface area contributed by atoms with Crippen molar-refractivity contribution in [3.8, 4) is 0 Å². The van der Waals surface area contributed by atoms with Crippen LogP contribution in [0.3, 0.4) is 0 Å². The molecule has 124 valence electrons. The van der Waals surface area contributed by atoms with Gasteiger partial charge in [0.25, 0.3) is 0 Å². The predicted octanol–water partition coefficient (Wildman–Crippen LogP) is 1.48. The van der Waals surface area contributed by atoms with Crippen molar-refractivity contribution in [1.82, 2.24) is 20.0 Å². The molecule has 1 saturated heterocycles. The van der Waals surface area contributed by atoms with Gasteiger partial charge in [0.15, 0.2) is 0 Å². The number of hydrogen-bond donors (Lipinski definition) is 1. The first kappa shape index (κ1) is 17.2. The summed E-state index contributed by atoms with van der Waals surface area (Å²) in [6.07, 6.45) is 6.88. The number of nitrogens with zero attached hydrogens (tertiary/aromatic N) is 3. The summed E-state index contributed by atoms with van der Waals surface area (Å²) in [6.45, 7) is 10.9. The van der Waals surface area contributed by atoms with Crippen molar-refractivity contribution >= 4 is 0 Å². The normalized spacial score (nSPS) is 29.1. The summed E-state index contributed by atoms with van der Waals surface area (Å²) >= 11 is 0. The molecule has 2 unspecified atom stereocenters. The van der Waals surface area contributed by atoms with Crippen LogP contribution < -0.4 is 5.32 Å². The van der Waals surface area contributed by atoms with Crippen LogP contribution in [0.25, 0.3) is 0 Å². The number of piperazine rings is 1. The molecule has 4 heteroatoms. The molecule has 0 aromatic heterocycles. The lowest BCUT2D eigenvalue weighted by Crippen LogP contribution is -2.58. The summed E-state index contributed by atoms with van der Waals surface area (Å²) in [5.41, 5.74) is 0. The Balaban J connectivity index is 1.76. The highest BCUT2D eigenvalue weighted by Crippen LogP contribution is 2.24. The molecule has 0 radical (unpaired) electrons. The van der Waals surface area contributed by atoms with E-state index in [9.17, 15) is 0 Å². The Morgan fingerprint density at radius 1 is 1.05 bits per heavy atom. The standard InChI is InChI=1S/C17H36N4/c1-4-9-18-16-7-5-6-8-17(16)21-14-12-20(13-15-21)11-10-19(2)3/h16-18H,4-15H2,1-3H3. The zero-order chi connectivity index (χ0) is 15.1. The van der Waals surface area contributed by atoms with Crippen molar-refractivity contribution in [2.45, 2.75) is 51.1 Å². The first-order valence-corrected chi connectivity index (χ1v) is 9.05. The molecule has 0 aromatic rings. The Bertz CT molecular complexity index is 274. The topological polar surface area (TPSA) is 21.8 Å². The van der Waals surface area contributed by atoms with E-state index in [0.29, 0.717) is 0 Å². The summed E-state index contributed by atoms with van der Waals surface area (Å²) in [5, 5.41) is 3.81. The van der Waals surface area contributed by atoms with Crippen molar-refractivity contribution in [3.05, 3.63) is 0 Å². The molecule has 2 atom stereocenters. The van der Waals surface area contributed by atoms with Crippen LogP contribution in [0, 0.1) is 0 Å². The first-order chi connectivity index (χ1) is 10.2. The molecule has 1 aliphatic carbocycles. The third-order valence-corrected chi connectivity index (χ3v) is 5.13. The minimum absolute atomic E-state index is 0.743. The van der Waals surface area contributed by atoms with Crippen LogP contribution in [0.1, 0.15) is 39.0 Å². The molecule has 0 aromatic carbocycles. The lowest BCUT2D eigenvalue weighted by atomic mass is 9.88. The fourth-order valence-corrected chi connectivity index (χ4v) is 3.78. The van der Waals surface area contributed by atoms with E-state index in [2.05, 4.69) is 41.0 Å². The van der Waals surface area contributed by atoms with E-state index >= 15 is 0 Å². The van der Waals surface area contributed by atoms with E-state index in [1.54, 1.807) is 0 Å². The third-order valence-electron chi connectivity index (χ3n) is 5.13. The first-order valence-electron chi connectivity index (χ1n) is 9.05. The van der Waals surface area contributed by atoms with Gasteiger partial charge in [0.1, 0.15) is 0 Å². The second kappa shape index (κ2) is 9.09. The highest BCUT2D eigenvalue weighted by Gasteiger charge is 2.31. The number of nitrogens with one attached hydrogen (secondary N) is 1. The molecule has 1 N–H and O–H groups in total. The molecule has 2 rings (SSSR count). The molecular weight excluding hydrogens is 260 g/mol. The van der Waals surface area contributed by atoms with Gasteiger partial charge in [0.05, 0.1) is 0 Å². The predicted molar refractivity (Wildman–Crippen MR) is 90.9 cm³/mol.